The van der Waals surface area contributed by atoms with Crippen LogP contribution in [0.4, 0.5) is 0 Å². The van der Waals surface area contributed by atoms with Crippen LogP contribution in [0.1, 0.15) is 43.1 Å². The number of amides is 2. The number of carbonyl (C=O) groups excluding carboxylic acids is 2. The largest absolute Gasteiger partial charge is 0.496 e. The SMILES string of the molecule is COc1ccccc1C1=NCc2ncc(-c3cc(C(=O)NCc4ccccc4)cc(C(=O)N(C)C)c3)cc21. The van der Waals surface area contributed by atoms with Crippen LogP contribution in [0.25, 0.3) is 11.1 Å². The lowest BCUT2D eigenvalue weighted by Crippen LogP contribution is -2.25. The summed E-state index contributed by atoms with van der Waals surface area (Å²) in [6, 6.07) is 24.7. The van der Waals surface area contributed by atoms with Gasteiger partial charge in [-0.3, -0.25) is 19.6 Å². The lowest BCUT2D eigenvalue weighted by atomic mass is 9.96. The molecule has 1 aromatic heterocycles. The molecule has 3 aromatic carbocycles. The Hall–Kier alpha value is -4.78. The molecule has 0 unspecified atom stereocenters. The van der Waals surface area contributed by atoms with Gasteiger partial charge >= 0.3 is 0 Å². The number of carbonyl (C=O) groups is 2. The van der Waals surface area contributed by atoms with Gasteiger partial charge in [0, 0.05) is 54.7 Å². The van der Waals surface area contributed by atoms with Crippen molar-refractivity contribution in [2.75, 3.05) is 21.2 Å². The van der Waals surface area contributed by atoms with Gasteiger partial charge in [-0.25, -0.2) is 0 Å². The zero-order chi connectivity index (χ0) is 26.6. The molecule has 0 bridgehead atoms. The van der Waals surface area contributed by atoms with E-state index in [1.54, 1.807) is 45.6 Å². The normalized spacial score (nSPS) is 11.9. The van der Waals surface area contributed by atoms with Crippen molar-refractivity contribution in [2.24, 2.45) is 4.99 Å². The van der Waals surface area contributed by atoms with Crippen molar-refractivity contribution in [3.63, 3.8) is 0 Å². The van der Waals surface area contributed by atoms with Crippen LogP contribution in [0.5, 0.6) is 5.75 Å². The molecule has 0 saturated carbocycles. The van der Waals surface area contributed by atoms with Crippen molar-refractivity contribution in [1.29, 1.82) is 0 Å². The van der Waals surface area contributed by atoms with E-state index in [4.69, 9.17) is 9.73 Å². The van der Waals surface area contributed by atoms with E-state index in [1.807, 2.05) is 60.7 Å². The molecule has 190 valence electrons. The lowest BCUT2D eigenvalue weighted by Gasteiger charge is -2.15. The number of nitrogens with one attached hydrogen (secondary N) is 1. The summed E-state index contributed by atoms with van der Waals surface area (Å²) >= 11 is 0. The maximum Gasteiger partial charge on any atom is 0.253 e. The molecule has 1 aliphatic heterocycles. The number of aromatic nitrogens is 1. The van der Waals surface area contributed by atoms with E-state index in [1.165, 1.54) is 4.90 Å². The smallest absolute Gasteiger partial charge is 0.253 e. The number of aliphatic imine (C=N–C) groups is 1. The molecule has 0 atom stereocenters. The van der Waals surface area contributed by atoms with Crippen molar-refractivity contribution in [1.82, 2.24) is 15.2 Å². The molecule has 2 heterocycles. The van der Waals surface area contributed by atoms with Crippen LogP contribution >= 0.6 is 0 Å². The maximum absolute atomic E-state index is 13.2. The third-order valence-corrected chi connectivity index (χ3v) is 6.45. The summed E-state index contributed by atoms with van der Waals surface area (Å²) in [5.74, 6) is 0.295. The standard InChI is InChI=1S/C31H28N4O3/c1-35(2)31(37)23-14-21(13-22(15-23)30(36)34-17-20-9-5-4-6-10-20)24-16-26-27(32-18-24)19-33-29(26)25-11-7-8-12-28(25)38-3/h4-16,18H,17,19H2,1-3H3,(H,34,36). The van der Waals surface area contributed by atoms with Gasteiger partial charge in [-0.05, 0) is 47.5 Å². The zero-order valence-corrected chi connectivity index (χ0v) is 21.6. The molecule has 1 N–H and O–H groups in total. The second kappa shape index (κ2) is 10.7. The van der Waals surface area contributed by atoms with E-state index >= 15 is 0 Å². The van der Waals surface area contributed by atoms with E-state index in [0.29, 0.717) is 24.2 Å². The Kier molecular flexibility index (Phi) is 7.00. The van der Waals surface area contributed by atoms with Crippen LogP contribution in [0.2, 0.25) is 0 Å². The fraction of sp³-hybridized carbons (Fsp3) is 0.161. The summed E-state index contributed by atoms with van der Waals surface area (Å²) in [5.41, 5.74) is 6.83. The molecule has 0 spiro atoms. The molecular weight excluding hydrogens is 476 g/mol. The van der Waals surface area contributed by atoms with Gasteiger partial charge in [0.05, 0.1) is 25.1 Å². The summed E-state index contributed by atoms with van der Waals surface area (Å²) in [4.78, 5) is 37.0. The molecule has 0 radical (unpaired) electrons. The number of rotatable bonds is 7. The average Bonchev–Trinajstić information content (AvgIpc) is 3.38. The van der Waals surface area contributed by atoms with Crippen molar-refractivity contribution in [3.05, 3.63) is 119 Å². The number of hydrogen-bond acceptors (Lipinski definition) is 5. The lowest BCUT2D eigenvalue weighted by molar-refractivity contribution is 0.0827. The number of fused-ring (bicyclic) bond motifs is 1. The Morgan fingerprint density at radius 1 is 0.895 bits per heavy atom. The van der Waals surface area contributed by atoms with E-state index in [-0.39, 0.29) is 11.8 Å². The first-order valence-corrected chi connectivity index (χ1v) is 12.3. The first kappa shape index (κ1) is 24.9. The van der Waals surface area contributed by atoms with Gasteiger partial charge < -0.3 is 15.0 Å². The molecule has 4 aromatic rings. The molecular formula is C31H28N4O3. The number of methoxy groups -OCH3 is 1. The number of para-hydroxylation sites is 1. The van der Waals surface area contributed by atoms with Gasteiger partial charge in [-0.2, -0.15) is 0 Å². The fourth-order valence-electron chi connectivity index (χ4n) is 4.48. The van der Waals surface area contributed by atoms with E-state index in [9.17, 15) is 9.59 Å². The molecule has 0 fully saturated rings. The zero-order valence-electron chi connectivity index (χ0n) is 21.6. The van der Waals surface area contributed by atoms with Crippen molar-refractivity contribution < 1.29 is 14.3 Å². The van der Waals surface area contributed by atoms with Crippen molar-refractivity contribution in [2.45, 2.75) is 13.1 Å². The summed E-state index contributed by atoms with van der Waals surface area (Å²) in [6.07, 6.45) is 1.77. The average molecular weight is 505 g/mol. The topological polar surface area (TPSA) is 83.9 Å². The van der Waals surface area contributed by atoms with E-state index in [0.717, 1.165) is 45.0 Å². The van der Waals surface area contributed by atoms with Gasteiger partial charge in [-0.1, -0.05) is 42.5 Å². The third kappa shape index (κ3) is 5.04. The Morgan fingerprint density at radius 2 is 1.63 bits per heavy atom. The Morgan fingerprint density at radius 3 is 2.39 bits per heavy atom. The highest BCUT2D eigenvalue weighted by molar-refractivity contribution is 6.16. The highest BCUT2D eigenvalue weighted by Crippen LogP contribution is 2.31. The van der Waals surface area contributed by atoms with Gasteiger partial charge in [0.2, 0.25) is 0 Å². The number of benzene rings is 3. The molecule has 1 aliphatic rings. The fourth-order valence-corrected chi connectivity index (χ4v) is 4.48. The number of hydrogen-bond donors (Lipinski definition) is 1. The minimum atomic E-state index is -0.256. The summed E-state index contributed by atoms with van der Waals surface area (Å²) in [5, 5.41) is 2.96. The van der Waals surface area contributed by atoms with Gasteiger partial charge in [0.25, 0.3) is 11.8 Å². The number of ether oxygens (including phenoxy) is 1. The Bertz CT molecular complexity index is 1540. The van der Waals surface area contributed by atoms with E-state index in [2.05, 4.69) is 10.3 Å². The van der Waals surface area contributed by atoms with Crippen LogP contribution in [-0.2, 0) is 13.1 Å². The molecule has 5 rings (SSSR count). The van der Waals surface area contributed by atoms with Gasteiger partial charge in [-0.15, -0.1) is 0 Å². The van der Waals surface area contributed by atoms with Crippen LogP contribution < -0.4 is 10.1 Å². The highest BCUT2D eigenvalue weighted by Gasteiger charge is 2.23. The summed E-state index contributed by atoms with van der Waals surface area (Å²) in [7, 11) is 5.02. The summed E-state index contributed by atoms with van der Waals surface area (Å²) in [6.45, 7) is 0.870. The highest BCUT2D eigenvalue weighted by atomic mass is 16.5. The van der Waals surface area contributed by atoms with Crippen molar-refractivity contribution >= 4 is 17.5 Å². The molecule has 38 heavy (non-hydrogen) atoms. The molecule has 2 amide bonds. The first-order valence-electron chi connectivity index (χ1n) is 12.3. The monoisotopic (exact) mass is 504 g/mol. The summed E-state index contributed by atoms with van der Waals surface area (Å²) < 4.78 is 5.56. The quantitative estimate of drug-likeness (QED) is 0.394. The predicted octanol–water partition coefficient (Wildman–Crippen LogP) is 4.74. The van der Waals surface area contributed by atoms with Crippen LogP contribution in [0.15, 0.2) is 90.1 Å². The first-order chi connectivity index (χ1) is 18.4. The third-order valence-electron chi connectivity index (χ3n) is 6.45. The van der Waals surface area contributed by atoms with E-state index < -0.39 is 0 Å². The van der Waals surface area contributed by atoms with Crippen LogP contribution in [0, 0.1) is 0 Å². The van der Waals surface area contributed by atoms with Gasteiger partial charge in [0.1, 0.15) is 5.75 Å². The predicted molar refractivity (Wildman–Crippen MR) is 148 cm³/mol. The maximum atomic E-state index is 13.2. The Balaban J connectivity index is 1.52. The second-order valence-electron chi connectivity index (χ2n) is 9.25. The molecule has 7 nitrogen and oxygen atoms in total. The molecule has 0 saturated heterocycles. The number of nitrogens with zero attached hydrogens (tertiary/aromatic N) is 3. The molecule has 7 heteroatoms. The number of pyridine rings is 1. The van der Waals surface area contributed by atoms with Crippen LogP contribution in [0.3, 0.4) is 0 Å². The minimum absolute atomic E-state index is 0.186. The van der Waals surface area contributed by atoms with Gasteiger partial charge in [0.15, 0.2) is 0 Å². The second-order valence-corrected chi connectivity index (χ2v) is 9.25. The van der Waals surface area contributed by atoms with Crippen molar-refractivity contribution in [3.8, 4) is 16.9 Å². The van der Waals surface area contributed by atoms with Crippen LogP contribution in [-0.4, -0.2) is 48.6 Å². The Labute approximate surface area is 221 Å². The minimum Gasteiger partial charge on any atom is -0.496 e. The molecule has 0 aliphatic carbocycles.